The van der Waals surface area contributed by atoms with Crippen LogP contribution in [0.4, 0.5) is 17.1 Å². The summed E-state index contributed by atoms with van der Waals surface area (Å²) in [4.78, 5) is 31.4. The number of unbranched alkanes of at least 4 members (excludes halogenated alkanes) is 1. The first-order chi connectivity index (χ1) is 25.3. The Morgan fingerprint density at radius 2 is 1.85 bits per heavy atom. The van der Waals surface area contributed by atoms with Crippen molar-refractivity contribution in [3.63, 3.8) is 0 Å². The van der Waals surface area contributed by atoms with Crippen LogP contribution in [0.1, 0.15) is 55.5 Å². The number of para-hydroxylation sites is 1. The van der Waals surface area contributed by atoms with E-state index in [-0.39, 0.29) is 31.6 Å². The van der Waals surface area contributed by atoms with Gasteiger partial charge >= 0.3 is 0 Å². The topological polar surface area (TPSA) is 153 Å². The van der Waals surface area contributed by atoms with Gasteiger partial charge in [-0.25, -0.2) is 0 Å². The van der Waals surface area contributed by atoms with E-state index in [0.717, 1.165) is 34.7 Å². The van der Waals surface area contributed by atoms with Gasteiger partial charge in [-0.1, -0.05) is 54.6 Å². The van der Waals surface area contributed by atoms with Gasteiger partial charge in [-0.2, -0.15) is 0 Å². The number of aliphatic hydroxyl groups is 3. The number of aliphatic hydroxyl groups excluding tert-OH is 2. The lowest BCUT2D eigenvalue weighted by Crippen LogP contribution is -2.49. The molecular formula is C40H48N6O6. The number of benzene rings is 3. The lowest BCUT2D eigenvalue weighted by molar-refractivity contribution is -0.139. The van der Waals surface area contributed by atoms with E-state index in [4.69, 9.17) is 9.84 Å². The summed E-state index contributed by atoms with van der Waals surface area (Å²) in [6.45, 7) is 5.90. The van der Waals surface area contributed by atoms with E-state index in [2.05, 4.69) is 15.6 Å². The predicted molar refractivity (Wildman–Crippen MR) is 198 cm³/mol. The molecule has 3 atom stereocenters. The molecular weight excluding hydrogens is 660 g/mol. The number of fused-ring (bicyclic) bond motifs is 2. The van der Waals surface area contributed by atoms with Crippen molar-refractivity contribution in [1.82, 2.24) is 20.3 Å². The van der Waals surface area contributed by atoms with Crippen LogP contribution in [0, 0.1) is 5.92 Å². The summed E-state index contributed by atoms with van der Waals surface area (Å²) >= 11 is 0. The van der Waals surface area contributed by atoms with Crippen molar-refractivity contribution < 1.29 is 29.6 Å². The number of anilines is 3. The van der Waals surface area contributed by atoms with E-state index in [9.17, 15) is 19.8 Å². The Morgan fingerprint density at radius 1 is 1.04 bits per heavy atom. The molecule has 4 N–H and O–H groups in total. The highest BCUT2D eigenvalue weighted by atomic mass is 16.5. The van der Waals surface area contributed by atoms with E-state index < -0.39 is 17.6 Å². The maximum atomic E-state index is 14.1. The third-order valence-electron chi connectivity index (χ3n) is 9.80. The molecule has 0 bridgehead atoms. The molecule has 3 aromatic carbocycles. The number of hydrogen-bond acceptors (Lipinski definition) is 9. The fraction of sp³-hybridized carbons (Fsp3) is 0.400. The Morgan fingerprint density at radius 3 is 2.62 bits per heavy atom. The van der Waals surface area contributed by atoms with E-state index in [1.165, 1.54) is 0 Å². The maximum Gasteiger partial charge on any atom is 0.264 e. The average Bonchev–Trinajstić information content (AvgIpc) is 3.69. The molecule has 1 aromatic heterocycles. The molecule has 0 fully saturated rings. The second kappa shape index (κ2) is 16.6. The molecule has 3 heterocycles. The fourth-order valence-corrected chi connectivity index (χ4v) is 7.04. The molecule has 6 rings (SSSR count). The molecule has 0 aliphatic carbocycles. The summed E-state index contributed by atoms with van der Waals surface area (Å²) in [6, 6.07) is 20.4. The summed E-state index contributed by atoms with van der Waals surface area (Å²) in [5.74, 6) is -0.199. The minimum absolute atomic E-state index is 0.0175. The molecule has 52 heavy (non-hydrogen) atoms. The highest BCUT2D eigenvalue weighted by molar-refractivity contribution is 6.08. The van der Waals surface area contributed by atoms with E-state index >= 15 is 0 Å². The zero-order valence-corrected chi connectivity index (χ0v) is 29.8. The molecule has 12 nitrogen and oxygen atoms in total. The third-order valence-corrected chi connectivity index (χ3v) is 9.80. The molecule has 2 aliphatic heterocycles. The monoisotopic (exact) mass is 708 g/mol. The summed E-state index contributed by atoms with van der Waals surface area (Å²) in [5, 5.41) is 41.9. The molecule has 274 valence electrons. The summed E-state index contributed by atoms with van der Waals surface area (Å²) < 4.78 is 7.48. The lowest BCUT2D eigenvalue weighted by Gasteiger charge is -2.35. The van der Waals surface area contributed by atoms with Gasteiger partial charge in [0.25, 0.3) is 5.91 Å². The van der Waals surface area contributed by atoms with Gasteiger partial charge in [0.1, 0.15) is 5.75 Å². The molecule has 4 aromatic rings. The number of ether oxygens (including phenoxy) is 1. The van der Waals surface area contributed by atoms with E-state index in [1.807, 2.05) is 92.7 Å². The molecule has 0 radical (unpaired) electrons. The Hall–Kier alpha value is -4.88. The van der Waals surface area contributed by atoms with Crippen molar-refractivity contribution in [2.75, 3.05) is 36.2 Å². The quantitative estimate of drug-likeness (QED) is 0.0935. The first-order valence-corrected chi connectivity index (χ1v) is 18.1. The molecule has 1 unspecified atom stereocenters. The zero-order chi connectivity index (χ0) is 36.7. The van der Waals surface area contributed by atoms with Gasteiger partial charge in [-0.15, -0.1) is 5.10 Å². The van der Waals surface area contributed by atoms with Crippen LogP contribution < -0.4 is 19.9 Å². The minimum atomic E-state index is -1.74. The molecule has 0 saturated heterocycles. The van der Waals surface area contributed by atoms with Crippen LogP contribution in [0.25, 0.3) is 0 Å². The number of nitrogens with zero attached hydrogens (tertiary/aromatic N) is 5. The number of nitrogens with one attached hydrogen (secondary N) is 1. The smallest absolute Gasteiger partial charge is 0.264 e. The van der Waals surface area contributed by atoms with Crippen molar-refractivity contribution in [1.29, 1.82) is 0 Å². The highest BCUT2D eigenvalue weighted by Gasteiger charge is 2.52. The summed E-state index contributed by atoms with van der Waals surface area (Å²) in [6.07, 6.45) is 8.67. The van der Waals surface area contributed by atoms with Crippen LogP contribution in [0.5, 0.6) is 5.75 Å². The third kappa shape index (κ3) is 7.65. The number of aromatic nitrogens is 3. The number of rotatable bonds is 17. The van der Waals surface area contributed by atoms with Crippen molar-refractivity contribution in [2.24, 2.45) is 5.92 Å². The highest BCUT2D eigenvalue weighted by Crippen LogP contribution is 2.46. The Bertz CT molecular complexity index is 1880. The first-order valence-electron chi connectivity index (χ1n) is 18.1. The Labute approximate surface area is 304 Å². The number of aryl methyl sites for hydroxylation is 1. The molecule has 2 amide bonds. The maximum absolute atomic E-state index is 14.1. The second-order valence-electron chi connectivity index (χ2n) is 13.3. The summed E-state index contributed by atoms with van der Waals surface area (Å²) in [5.41, 5.74) is 3.59. The number of amides is 2. The van der Waals surface area contributed by atoms with Gasteiger partial charge < -0.3 is 30.3 Å². The number of allylic oxidation sites excluding steroid dienone is 1. The molecule has 12 heteroatoms. The molecule has 0 spiro atoms. The van der Waals surface area contributed by atoms with Gasteiger partial charge in [-0.05, 0) is 86.7 Å². The largest absolute Gasteiger partial charge is 0.494 e. The molecule has 2 aliphatic rings. The summed E-state index contributed by atoms with van der Waals surface area (Å²) in [7, 11) is 0. The SMILES string of the molecule is CCOc1ccc2c(c1)CC(NCCCCO)C(=O)N2c1ccc(CN2C(=O)[C@](O)([C@H](C)/C=C/CCn3cc(CCO)nn3)c3ccccc32)cc1. The lowest BCUT2D eigenvalue weighted by atomic mass is 9.83. The number of carbonyl (C=O) groups excluding carboxylic acids is 2. The van der Waals surface area contributed by atoms with Gasteiger partial charge in [0.2, 0.25) is 5.91 Å². The second-order valence-corrected chi connectivity index (χ2v) is 13.3. The first kappa shape index (κ1) is 36.9. The standard InChI is InChI=1S/C40H48N6O6/c1-3-52-33-17-18-36-30(24-33)25-35(41-20-7-9-22-47)38(49)46(36)32-15-13-29(14-16-32)26-45-37-12-5-4-11-34(37)40(51,39(45)50)28(2)10-6-8-21-44-27-31(19-23-48)42-43-44/h4-6,10-18,24,27-28,35,41,47-48,51H,3,7-9,19-23,25-26H2,1-2H3/b10-6+/t28-,35?,40+/m1/s1. The van der Waals surface area contributed by atoms with Crippen LogP contribution in [-0.4, -0.2) is 74.5 Å². The van der Waals surface area contributed by atoms with Crippen molar-refractivity contribution in [2.45, 2.75) is 70.7 Å². The van der Waals surface area contributed by atoms with Crippen LogP contribution in [0.3, 0.4) is 0 Å². The van der Waals surface area contributed by atoms with Crippen LogP contribution in [0.2, 0.25) is 0 Å². The number of hydrogen-bond donors (Lipinski definition) is 4. The number of carbonyl (C=O) groups is 2. The van der Waals surface area contributed by atoms with Crippen molar-refractivity contribution >= 4 is 28.9 Å². The zero-order valence-electron chi connectivity index (χ0n) is 29.8. The molecule has 0 saturated carbocycles. The minimum Gasteiger partial charge on any atom is -0.494 e. The van der Waals surface area contributed by atoms with Gasteiger partial charge in [0.15, 0.2) is 5.60 Å². The normalized spacial score (nSPS) is 19.0. The van der Waals surface area contributed by atoms with Gasteiger partial charge in [0, 0.05) is 49.5 Å². The van der Waals surface area contributed by atoms with Crippen molar-refractivity contribution in [3.05, 3.63) is 107 Å². The van der Waals surface area contributed by atoms with Gasteiger partial charge in [0.05, 0.1) is 36.3 Å². The van der Waals surface area contributed by atoms with Gasteiger partial charge in [-0.3, -0.25) is 19.2 Å². The van der Waals surface area contributed by atoms with E-state index in [1.54, 1.807) is 20.7 Å². The van der Waals surface area contributed by atoms with Crippen LogP contribution >= 0.6 is 0 Å². The van der Waals surface area contributed by atoms with Crippen molar-refractivity contribution in [3.8, 4) is 5.75 Å². The predicted octanol–water partition coefficient (Wildman–Crippen LogP) is 4.18. The Balaban J connectivity index is 1.18. The van der Waals surface area contributed by atoms with Crippen LogP contribution in [-0.2, 0) is 41.1 Å². The van der Waals surface area contributed by atoms with E-state index in [0.29, 0.717) is 62.3 Å². The Kier molecular flexibility index (Phi) is 11.8. The average molecular weight is 709 g/mol. The van der Waals surface area contributed by atoms with Crippen LogP contribution in [0.15, 0.2) is 85.1 Å². The fourth-order valence-electron chi connectivity index (χ4n) is 7.04.